The summed E-state index contributed by atoms with van der Waals surface area (Å²) in [5, 5.41) is 2.28. The number of carbonyl (C=O) groups excluding carboxylic acids is 1. The summed E-state index contributed by atoms with van der Waals surface area (Å²) in [6.07, 6.45) is 5.31. The van der Waals surface area contributed by atoms with Gasteiger partial charge < -0.3 is 9.73 Å². The van der Waals surface area contributed by atoms with Gasteiger partial charge in [-0.05, 0) is 51.1 Å². The van der Waals surface area contributed by atoms with Gasteiger partial charge in [0.1, 0.15) is 0 Å². The van der Waals surface area contributed by atoms with Gasteiger partial charge in [0.25, 0.3) is 15.9 Å². The zero-order valence-electron chi connectivity index (χ0n) is 13.6. The van der Waals surface area contributed by atoms with Crippen LogP contribution in [0.4, 0.5) is 5.69 Å². The van der Waals surface area contributed by atoms with Crippen molar-refractivity contribution in [2.75, 3.05) is 5.32 Å². The lowest BCUT2D eigenvalue weighted by Gasteiger charge is -2.18. The van der Waals surface area contributed by atoms with Crippen LogP contribution in [-0.4, -0.2) is 19.9 Å². The van der Waals surface area contributed by atoms with Gasteiger partial charge >= 0.3 is 0 Å². The zero-order chi connectivity index (χ0) is 18.0. The largest absolute Gasteiger partial charge is 0.438 e. The number of carbonyl (C=O) groups is 1. The number of sulfonamides is 1. The lowest BCUT2D eigenvalue weighted by Crippen LogP contribution is -2.40. The Bertz CT molecular complexity index is 899. The standard InChI is InChI=1S/C17H18N2O4S/c1-5-12-7-6-8-13(11-12)18-16(20)14-9-10-15(23-14)24(21,22)19-17(2,3)4/h1,6-11,19H,2-4H3,(H,18,20). The minimum Gasteiger partial charge on any atom is -0.438 e. The molecule has 2 N–H and O–H groups in total. The average Bonchev–Trinajstić information content (AvgIpc) is 2.95. The quantitative estimate of drug-likeness (QED) is 0.833. The summed E-state index contributed by atoms with van der Waals surface area (Å²) in [6, 6.07) is 9.26. The van der Waals surface area contributed by atoms with Crippen LogP contribution in [0.1, 0.15) is 36.9 Å². The molecule has 0 radical (unpaired) electrons. The van der Waals surface area contributed by atoms with E-state index in [-0.39, 0.29) is 10.9 Å². The number of amides is 1. The molecule has 6 nitrogen and oxygen atoms in total. The maximum Gasteiger partial charge on any atom is 0.291 e. The minimum absolute atomic E-state index is 0.115. The topological polar surface area (TPSA) is 88.4 Å². The minimum atomic E-state index is -3.84. The number of hydrogen-bond donors (Lipinski definition) is 2. The fraction of sp³-hybridized carbons (Fsp3) is 0.235. The first-order chi connectivity index (χ1) is 11.1. The van der Waals surface area contributed by atoms with E-state index in [1.54, 1.807) is 45.0 Å². The summed E-state index contributed by atoms with van der Waals surface area (Å²) in [5.74, 6) is 1.78. The molecule has 1 aromatic heterocycles. The predicted molar refractivity (Wildman–Crippen MR) is 91.1 cm³/mol. The van der Waals surface area contributed by atoms with Gasteiger partial charge in [-0.25, -0.2) is 13.1 Å². The Hall–Kier alpha value is -2.56. The summed E-state index contributed by atoms with van der Waals surface area (Å²) in [6.45, 7) is 5.12. The number of hydrogen-bond acceptors (Lipinski definition) is 4. The Morgan fingerprint density at radius 3 is 2.54 bits per heavy atom. The molecule has 7 heteroatoms. The van der Waals surface area contributed by atoms with Crippen LogP contribution in [-0.2, 0) is 10.0 Å². The average molecular weight is 346 g/mol. The van der Waals surface area contributed by atoms with E-state index in [4.69, 9.17) is 10.8 Å². The maximum atomic E-state index is 12.2. The van der Waals surface area contributed by atoms with Crippen molar-refractivity contribution in [1.82, 2.24) is 4.72 Å². The summed E-state index contributed by atoms with van der Waals surface area (Å²) in [7, 11) is -3.84. The Morgan fingerprint density at radius 1 is 1.21 bits per heavy atom. The highest BCUT2D eigenvalue weighted by Crippen LogP contribution is 2.18. The van der Waals surface area contributed by atoms with Crippen molar-refractivity contribution in [3.63, 3.8) is 0 Å². The first kappa shape index (κ1) is 17.8. The molecule has 2 aromatic rings. The van der Waals surface area contributed by atoms with Gasteiger partial charge in [-0.2, -0.15) is 0 Å². The summed E-state index contributed by atoms with van der Waals surface area (Å²) in [5.41, 5.74) is 0.443. The Labute approximate surface area is 141 Å². The monoisotopic (exact) mass is 346 g/mol. The molecule has 24 heavy (non-hydrogen) atoms. The van der Waals surface area contributed by atoms with E-state index >= 15 is 0 Å². The van der Waals surface area contributed by atoms with Crippen LogP contribution in [0.15, 0.2) is 45.9 Å². The molecule has 126 valence electrons. The first-order valence-corrected chi connectivity index (χ1v) is 8.61. The second-order valence-electron chi connectivity index (χ2n) is 6.15. The molecule has 0 aliphatic heterocycles. The third-order valence-corrected chi connectivity index (χ3v) is 4.43. The molecule has 0 bridgehead atoms. The van der Waals surface area contributed by atoms with Crippen molar-refractivity contribution in [2.45, 2.75) is 31.4 Å². The van der Waals surface area contributed by atoms with E-state index in [1.807, 2.05) is 0 Å². The van der Waals surface area contributed by atoms with Gasteiger partial charge in [0, 0.05) is 16.8 Å². The van der Waals surface area contributed by atoms with Gasteiger partial charge in [0.2, 0.25) is 5.09 Å². The number of nitrogens with one attached hydrogen (secondary N) is 2. The van der Waals surface area contributed by atoms with E-state index in [9.17, 15) is 13.2 Å². The van der Waals surface area contributed by atoms with Crippen LogP contribution in [0, 0.1) is 12.3 Å². The molecular weight excluding hydrogens is 328 g/mol. The number of anilines is 1. The number of benzene rings is 1. The third-order valence-electron chi connectivity index (χ3n) is 2.80. The third kappa shape index (κ3) is 4.47. The molecule has 0 aliphatic rings. The Balaban J connectivity index is 2.18. The van der Waals surface area contributed by atoms with Crippen LogP contribution in [0.5, 0.6) is 0 Å². The molecule has 2 rings (SSSR count). The molecule has 0 aliphatic carbocycles. The molecular formula is C17H18N2O4S. The van der Waals surface area contributed by atoms with Crippen LogP contribution in [0.25, 0.3) is 0 Å². The van der Waals surface area contributed by atoms with E-state index in [0.29, 0.717) is 11.3 Å². The second-order valence-corrected chi connectivity index (χ2v) is 7.77. The van der Waals surface area contributed by atoms with Crippen LogP contribution in [0.3, 0.4) is 0 Å². The van der Waals surface area contributed by atoms with Crippen molar-refractivity contribution >= 4 is 21.6 Å². The van der Waals surface area contributed by atoms with Gasteiger partial charge in [-0.3, -0.25) is 4.79 Å². The van der Waals surface area contributed by atoms with E-state index < -0.39 is 21.5 Å². The normalized spacial score (nSPS) is 11.8. The lowest BCUT2D eigenvalue weighted by atomic mass is 10.1. The highest BCUT2D eigenvalue weighted by molar-refractivity contribution is 7.89. The van der Waals surface area contributed by atoms with Crippen molar-refractivity contribution < 1.29 is 17.6 Å². The highest BCUT2D eigenvalue weighted by Gasteiger charge is 2.26. The number of terminal acetylenes is 1. The van der Waals surface area contributed by atoms with Gasteiger partial charge in [-0.1, -0.05) is 12.0 Å². The zero-order valence-corrected chi connectivity index (χ0v) is 14.4. The van der Waals surface area contributed by atoms with Gasteiger partial charge in [0.15, 0.2) is 5.76 Å². The van der Waals surface area contributed by atoms with Crippen molar-refractivity contribution in [3.05, 3.63) is 47.7 Å². The number of rotatable bonds is 4. The molecule has 0 spiro atoms. The predicted octanol–water partition coefficient (Wildman–Crippen LogP) is 2.59. The first-order valence-electron chi connectivity index (χ1n) is 7.12. The summed E-state index contributed by atoms with van der Waals surface area (Å²) in [4.78, 5) is 12.2. The summed E-state index contributed by atoms with van der Waals surface area (Å²) < 4.78 is 32.0. The van der Waals surface area contributed by atoms with Gasteiger partial charge in [0.05, 0.1) is 0 Å². The SMILES string of the molecule is C#Cc1cccc(NC(=O)c2ccc(S(=O)(=O)NC(C)(C)C)o2)c1. The molecule has 0 saturated heterocycles. The van der Waals surface area contributed by atoms with E-state index in [0.717, 1.165) is 0 Å². The summed E-state index contributed by atoms with van der Waals surface area (Å²) >= 11 is 0. The molecule has 1 aromatic carbocycles. The Kier molecular flexibility index (Phi) is 4.83. The fourth-order valence-corrected chi connectivity index (χ4v) is 3.27. The van der Waals surface area contributed by atoms with Gasteiger partial charge in [-0.15, -0.1) is 6.42 Å². The molecule has 0 saturated carbocycles. The van der Waals surface area contributed by atoms with Crippen molar-refractivity contribution in [1.29, 1.82) is 0 Å². The molecule has 1 amide bonds. The second kappa shape index (κ2) is 6.51. The van der Waals surface area contributed by atoms with Crippen LogP contribution in [0.2, 0.25) is 0 Å². The molecule has 0 unspecified atom stereocenters. The van der Waals surface area contributed by atoms with Crippen molar-refractivity contribution in [3.8, 4) is 12.3 Å². The van der Waals surface area contributed by atoms with E-state index in [1.165, 1.54) is 12.1 Å². The number of furan rings is 1. The maximum absolute atomic E-state index is 12.2. The Morgan fingerprint density at radius 2 is 1.92 bits per heavy atom. The fourth-order valence-electron chi connectivity index (χ4n) is 1.92. The highest BCUT2D eigenvalue weighted by atomic mass is 32.2. The lowest BCUT2D eigenvalue weighted by molar-refractivity contribution is 0.0991. The molecule has 1 heterocycles. The van der Waals surface area contributed by atoms with Crippen molar-refractivity contribution in [2.24, 2.45) is 0 Å². The van der Waals surface area contributed by atoms with Crippen LogP contribution >= 0.6 is 0 Å². The van der Waals surface area contributed by atoms with Crippen LogP contribution < -0.4 is 10.0 Å². The molecule has 0 atom stereocenters. The smallest absolute Gasteiger partial charge is 0.291 e. The molecule has 0 fully saturated rings. The van der Waals surface area contributed by atoms with E-state index in [2.05, 4.69) is 16.0 Å².